The number of benzene rings is 1. The Balaban J connectivity index is 1.93. The van der Waals surface area contributed by atoms with Crippen LogP contribution in [0.5, 0.6) is 0 Å². The van der Waals surface area contributed by atoms with Gasteiger partial charge in [0.2, 0.25) is 0 Å². The highest BCUT2D eigenvalue weighted by Crippen LogP contribution is 2.26. The molecular weight excluding hydrogens is 252 g/mol. The van der Waals surface area contributed by atoms with Crippen LogP contribution in [0, 0.1) is 0 Å². The van der Waals surface area contributed by atoms with Crippen LogP contribution in [0.25, 0.3) is 10.1 Å². The van der Waals surface area contributed by atoms with Gasteiger partial charge in [0.1, 0.15) is 5.69 Å². The van der Waals surface area contributed by atoms with E-state index in [1.165, 1.54) is 16.2 Å². The average molecular weight is 260 g/mol. The molecule has 2 aromatic heterocycles. The fourth-order valence-electron chi connectivity index (χ4n) is 1.72. The van der Waals surface area contributed by atoms with Crippen molar-refractivity contribution in [3.8, 4) is 0 Å². The summed E-state index contributed by atoms with van der Waals surface area (Å²) in [6.45, 7) is 0. The maximum Gasteiger partial charge on any atom is 0.188 e. The molecule has 1 aromatic carbocycles. The smallest absolute Gasteiger partial charge is 0.188 e. The Kier molecular flexibility index (Phi) is 2.70. The molecule has 0 amide bonds. The van der Waals surface area contributed by atoms with Gasteiger partial charge in [-0.15, -0.1) is 16.4 Å². The number of Topliss-reactive ketones (excluding diaryl/α,β-unsaturated/α-hetero) is 1. The Labute approximate surface area is 106 Å². The minimum atomic E-state index is 0.0299. The minimum Gasteiger partial charge on any atom is -0.292 e. The van der Waals surface area contributed by atoms with Crippen molar-refractivity contribution in [1.29, 1.82) is 0 Å². The molecule has 0 aliphatic heterocycles. The molecular formula is C12H8N2OS2. The van der Waals surface area contributed by atoms with Crippen molar-refractivity contribution in [2.24, 2.45) is 0 Å². The van der Waals surface area contributed by atoms with E-state index >= 15 is 0 Å². The first-order valence-corrected chi connectivity index (χ1v) is 6.81. The van der Waals surface area contributed by atoms with Gasteiger partial charge in [-0.2, -0.15) is 0 Å². The third-order valence-electron chi connectivity index (χ3n) is 2.56. The topological polar surface area (TPSA) is 42.9 Å². The number of carbonyl (C=O) groups is 1. The second-order valence-corrected chi connectivity index (χ2v) is 5.17. The monoisotopic (exact) mass is 260 g/mol. The summed E-state index contributed by atoms with van der Waals surface area (Å²) in [4.78, 5) is 11.9. The first-order valence-electron chi connectivity index (χ1n) is 5.10. The first kappa shape index (κ1) is 10.6. The van der Waals surface area contributed by atoms with Crippen LogP contribution in [0.2, 0.25) is 0 Å². The van der Waals surface area contributed by atoms with Crippen molar-refractivity contribution in [3.63, 3.8) is 0 Å². The first-order chi connectivity index (χ1) is 8.34. The molecule has 0 radical (unpaired) electrons. The van der Waals surface area contributed by atoms with E-state index in [1.54, 1.807) is 16.7 Å². The van der Waals surface area contributed by atoms with Crippen molar-refractivity contribution >= 4 is 38.7 Å². The lowest BCUT2D eigenvalue weighted by Crippen LogP contribution is -2.03. The van der Waals surface area contributed by atoms with Crippen LogP contribution in [0.15, 0.2) is 35.0 Å². The van der Waals surface area contributed by atoms with Gasteiger partial charge in [0.15, 0.2) is 5.78 Å². The third kappa shape index (κ3) is 1.99. The van der Waals surface area contributed by atoms with E-state index in [0.717, 1.165) is 10.9 Å². The number of nitrogens with zero attached hydrogens (tertiary/aromatic N) is 2. The lowest BCUT2D eigenvalue weighted by Gasteiger charge is -1.96. The zero-order chi connectivity index (χ0) is 11.7. The summed E-state index contributed by atoms with van der Waals surface area (Å²) in [5.41, 5.74) is 1.54. The van der Waals surface area contributed by atoms with E-state index in [9.17, 15) is 4.79 Å². The Bertz CT molecular complexity index is 658. The molecule has 0 saturated carbocycles. The Morgan fingerprint density at radius 2 is 2.12 bits per heavy atom. The van der Waals surface area contributed by atoms with Crippen molar-refractivity contribution < 1.29 is 4.79 Å². The van der Waals surface area contributed by atoms with Crippen LogP contribution >= 0.6 is 22.9 Å². The number of aromatic nitrogens is 2. The largest absolute Gasteiger partial charge is 0.292 e. The summed E-state index contributed by atoms with van der Waals surface area (Å²) in [7, 11) is 0. The summed E-state index contributed by atoms with van der Waals surface area (Å²) < 4.78 is 4.92. The fraction of sp³-hybridized carbons (Fsp3) is 0.0833. The van der Waals surface area contributed by atoms with E-state index in [0.29, 0.717) is 12.1 Å². The number of rotatable bonds is 3. The summed E-state index contributed by atoms with van der Waals surface area (Å²) in [6, 6.07) is 8.12. The number of thiophene rings is 1. The number of hydrogen-bond donors (Lipinski definition) is 0. The highest BCUT2D eigenvalue weighted by atomic mass is 32.1. The molecule has 2 heterocycles. The van der Waals surface area contributed by atoms with Gasteiger partial charge < -0.3 is 0 Å². The summed E-state index contributed by atoms with van der Waals surface area (Å²) in [6.07, 6.45) is 0.398. The predicted molar refractivity (Wildman–Crippen MR) is 69.8 cm³/mol. The van der Waals surface area contributed by atoms with Crippen molar-refractivity contribution in [1.82, 2.24) is 9.59 Å². The molecule has 0 fully saturated rings. The molecule has 17 heavy (non-hydrogen) atoms. The third-order valence-corrected chi connectivity index (χ3v) is 4.07. The summed E-state index contributed by atoms with van der Waals surface area (Å²) in [5, 5.41) is 8.70. The fourth-order valence-corrected chi connectivity index (χ4v) is 3.14. The molecule has 0 spiro atoms. The Morgan fingerprint density at radius 3 is 2.94 bits per heavy atom. The molecule has 0 bridgehead atoms. The number of fused-ring (bicyclic) bond motifs is 1. The number of hydrogen-bond acceptors (Lipinski definition) is 5. The van der Waals surface area contributed by atoms with E-state index in [1.807, 2.05) is 23.6 Å². The molecule has 0 N–H and O–H groups in total. The van der Waals surface area contributed by atoms with Gasteiger partial charge in [0.05, 0.1) is 0 Å². The zero-order valence-corrected chi connectivity index (χ0v) is 10.4. The standard InChI is InChI=1S/C12H8N2OS2/c15-11(10-7-17-14-13-10)5-8-6-16-12-4-2-1-3-9(8)12/h1-4,6-7H,5H2. The van der Waals surface area contributed by atoms with E-state index < -0.39 is 0 Å². The highest BCUT2D eigenvalue weighted by Gasteiger charge is 2.12. The van der Waals surface area contributed by atoms with Gasteiger partial charge in [0.25, 0.3) is 0 Å². The minimum absolute atomic E-state index is 0.0299. The molecule has 5 heteroatoms. The van der Waals surface area contributed by atoms with Crippen molar-refractivity contribution in [2.75, 3.05) is 0 Å². The molecule has 3 aromatic rings. The highest BCUT2D eigenvalue weighted by molar-refractivity contribution is 7.17. The molecule has 3 nitrogen and oxygen atoms in total. The molecule has 3 rings (SSSR count). The number of ketones is 1. The molecule has 0 unspecified atom stereocenters. The van der Waals surface area contributed by atoms with Crippen molar-refractivity contribution in [2.45, 2.75) is 6.42 Å². The quantitative estimate of drug-likeness (QED) is 0.679. The van der Waals surface area contributed by atoms with Crippen LogP contribution in [0.3, 0.4) is 0 Å². The maximum atomic E-state index is 11.9. The normalized spacial score (nSPS) is 10.8. The van der Waals surface area contributed by atoms with Crippen LogP contribution < -0.4 is 0 Å². The van der Waals surface area contributed by atoms with Gasteiger partial charge in [-0.1, -0.05) is 22.7 Å². The molecule has 0 saturated heterocycles. The predicted octanol–water partition coefficient (Wildman–Crippen LogP) is 3.18. The van der Waals surface area contributed by atoms with Crippen molar-refractivity contribution in [3.05, 3.63) is 46.3 Å². The Hall–Kier alpha value is -1.59. The molecule has 0 aliphatic rings. The van der Waals surface area contributed by atoms with Crippen LogP contribution in [0.1, 0.15) is 16.1 Å². The van der Waals surface area contributed by atoms with E-state index in [-0.39, 0.29) is 5.78 Å². The van der Waals surface area contributed by atoms with E-state index in [4.69, 9.17) is 0 Å². The lowest BCUT2D eigenvalue weighted by atomic mass is 10.1. The second kappa shape index (κ2) is 4.35. The van der Waals surface area contributed by atoms with Crippen LogP contribution in [-0.2, 0) is 6.42 Å². The van der Waals surface area contributed by atoms with Crippen LogP contribution in [0.4, 0.5) is 0 Å². The average Bonchev–Trinajstić information content (AvgIpc) is 2.98. The van der Waals surface area contributed by atoms with Gasteiger partial charge in [-0.3, -0.25) is 4.79 Å². The summed E-state index contributed by atoms with van der Waals surface area (Å²) >= 11 is 2.87. The SMILES string of the molecule is O=C(Cc1csc2ccccc12)c1csnn1. The second-order valence-electron chi connectivity index (χ2n) is 3.65. The molecule has 0 aliphatic carbocycles. The molecule has 84 valence electrons. The zero-order valence-electron chi connectivity index (χ0n) is 8.79. The van der Waals surface area contributed by atoms with Crippen LogP contribution in [-0.4, -0.2) is 15.4 Å². The summed E-state index contributed by atoms with van der Waals surface area (Å²) in [5.74, 6) is 0.0299. The molecule has 0 atom stereocenters. The lowest BCUT2D eigenvalue weighted by molar-refractivity contribution is 0.0988. The number of carbonyl (C=O) groups excluding carboxylic acids is 1. The van der Waals surface area contributed by atoms with Gasteiger partial charge in [-0.25, -0.2) is 0 Å². The Morgan fingerprint density at radius 1 is 1.24 bits per heavy atom. The van der Waals surface area contributed by atoms with Gasteiger partial charge >= 0.3 is 0 Å². The maximum absolute atomic E-state index is 11.9. The van der Waals surface area contributed by atoms with Gasteiger partial charge in [-0.05, 0) is 33.9 Å². The van der Waals surface area contributed by atoms with E-state index in [2.05, 4.69) is 15.7 Å². The van der Waals surface area contributed by atoms with Gasteiger partial charge in [0, 0.05) is 16.5 Å².